The Hall–Kier alpha value is -1.33. The smallest absolute Gasteiger partial charge is 0.165 e. The minimum atomic E-state index is -0.503. The van der Waals surface area contributed by atoms with Gasteiger partial charge in [-0.15, -0.1) is 0 Å². The number of aromatic nitrogens is 2. The van der Waals surface area contributed by atoms with Crippen LogP contribution in [0.1, 0.15) is 25.5 Å². The van der Waals surface area contributed by atoms with Gasteiger partial charge in [0.2, 0.25) is 0 Å². The fraction of sp³-hybridized carbons (Fsp3) is 0.308. The lowest BCUT2D eigenvalue weighted by molar-refractivity contribution is 0.198. The lowest BCUT2D eigenvalue weighted by Crippen LogP contribution is -1.93. The first kappa shape index (κ1) is 13.1. The van der Waals surface area contributed by atoms with E-state index in [1.807, 2.05) is 31.3 Å². The van der Waals surface area contributed by atoms with Crippen LogP contribution in [0.5, 0.6) is 11.5 Å². The number of aliphatic hydroxyl groups is 1. The summed E-state index contributed by atoms with van der Waals surface area (Å²) in [6.45, 7) is 4.56. The highest BCUT2D eigenvalue weighted by Gasteiger charge is 2.08. The Morgan fingerprint density at radius 3 is 2.78 bits per heavy atom. The molecule has 1 aromatic heterocycles. The normalized spacial score (nSPS) is 12.4. The molecule has 1 heterocycles. The number of rotatable bonds is 4. The molecule has 0 aliphatic rings. The van der Waals surface area contributed by atoms with E-state index in [-0.39, 0.29) is 0 Å². The van der Waals surface area contributed by atoms with E-state index in [1.54, 1.807) is 17.8 Å². The monoisotopic (exact) mass is 310 g/mol. The van der Waals surface area contributed by atoms with Crippen molar-refractivity contribution in [2.75, 3.05) is 0 Å². The maximum atomic E-state index is 9.54. The number of ether oxygens (including phenoxy) is 1. The zero-order valence-corrected chi connectivity index (χ0v) is 11.9. The molecule has 0 spiro atoms. The van der Waals surface area contributed by atoms with Crippen molar-refractivity contribution in [3.8, 4) is 11.5 Å². The molecule has 1 N–H and O–H groups in total. The van der Waals surface area contributed by atoms with E-state index in [9.17, 15) is 5.11 Å². The molecule has 0 amide bonds. The number of hydrogen-bond donors (Lipinski definition) is 1. The van der Waals surface area contributed by atoms with Gasteiger partial charge in [-0.1, -0.05) is 22.0 Å². The lowest BCUT2D eigenvalue weighted by Gasteiger charge is -2.09. The van der Waals surface area contributed by atoms with Crippen molar-refractivity contribution in [1.82, 2.24) is 9.78 Å². The van der Waals surface area contributed by atoms with Crippen LogP contribution in [0.4, 0.5) is 0 Å². The second kappa shape index (κ2) is 5.54. The van der Waals surface area contributed by atoms with E-state index >= 15 is 0 Å². The second-order valence-electron chi connectivity index (χ2n) is 3.99. The van der Waals surface area contributed by atoms with Gasteiger partial charge < -0.3 is 9.84 Å². The standard InChI is InChI=1S/C13H15BrN2O2/c1-3-16-8-11(7-15-16)18-10-4-5-12(9(2)17)13(14)6-10/h4-9,17H,3H2,1-2H3/t9-/m1/s1. The summed E-state index contributed by atoms with van der Waals surface area (Å²) in [6.07, 6.45) is 3.02. The molecule has 0 unspecified atom stereocenters. The molecule has 0 fully saturated rings. The second-order valence-corrected chi connectivity index (χ2v) is 4.85. The van der Waals surface area contributed by atoms with Crippen LogP contribution in [0.3, 0.4) is 0 Å². The molecule has 18 heavy (non-hydrogen) atoms. The SMILES string of the molecule is CCn1cc(Oc2ccc([C@@H](C)O)c(Br)c2)cn1. The van der Waals surface area contributed by atoms with E-state index in [0.717, 1.165) is 16.6 Å². The van der Waals surface area contributed by atoms with Crippen molar-refractivity contribution in [3.63, 3.8) is 0 Å². The van der Waals surface area contributed by atoms with E-state index in [1.165, 1.54) is 0 Å². The summed E-state index contributed by atoms with van der Waals surface area (Å²) < 4.78 is 8.31. The highest BCUT2D eigenvalue weighted by Crippen LogP contribution is 2.29. The number of aryl methyl sites for hydroxylation is 1. The maximum absolute atomic E-state index is 9.54. The molecule has 0 aliphatic carbocycles. The van der Waals surface area contributed by atoms with Gasteiger partial charge in [-0.2, -0.15) is 5.10 Å². The molecule has 1 aromatic carbocycles. The van der Waals surface area contributed by atoms with Crippen LogP contribution in [-0.4, -0.2) is 14.9 Å². The van der Waals surface area contributed by atoms with Gasteiger partial charge in [0.25, 0.3) is 0 Å². The van der Waals surface area contributed by atoms with Crippen LogP contribution in [0, 0.1) is 0 Å². The number of nitrogens with zero attached hydrogens (tertiary/aromatic N) is 2. The molecule has 2 aromatic rings. The number of halogens is 1. The molecule has 0 bridgehead atoms. The third-order valence-corrected chi connectivity index (χ3v) is 3.28. The van der Waals surface area contributed by atoms with Crippen LogP contribution >= 0.6 is 15.9 Å². The molecule has 2 rings (SSSR count). The highest BCUT2D eigenvalue weighted by molar-refractivity contribution is 9.10. The first-order valence-electron chi connectivity index (χ1n) is 5.78. The summed E-state index contributed by atoms with van der Waals surface area (Å²) in [5.74, 6) is 1.41. The molecular formula is C13H15BrN2O2. The number of benzene rings is 1. The van der Waals surface area contributed by atoms with Gasteiger partial charge in [-0.3, -0.25) is 4.68 Å². The van der Waals surface area contributed by atoms with Crippen LogP contribution in [0.15, 0.2) is 35.1 Å². The molecule has 0 saturated heterocycles. The van der Waals surface area contributed by atoms with Crippen molar-refractivity contribution in [2.45, 2.75) is 26.5 Å². The van der Waals surface area contributed by atoms with Crippen molar-refractivity contribution < 1.29 is 9.84 Å². The Morgan fingerprint density at radius 2 is 2.22 bits per heavy atom. The topological polar surface area (TPSA) is 47.3 Å². The van der Waals surface area contributed by atoms with E-state index in [4.69, 9.17) is 4.74 Å². The fourth-order valence-electron chi connectivity index (χ4n) is 1.62. The molecule has 1 atom stereocenters. The predicted octanol–water partition coefficient (Wildman–Crippen LogP) is 3.51. The summed E-state index contributed by atoms with van der Waals surface area (Å²) >= 11 is 3.42. The molecule has 0 aliphatic heterocycles. The summed E-state index contributed by atoms with van der Waals surface area (Å²) in [6, 6.07) is 5.51. The molecule has 0 saturated carbocycles. The molecule has 0 radical (unpaired) electrons. The van der Waals surface area contributed by atoms with E-state index in [2.05, 4.69) is 21.0 Å². The number of aliphatic hydroxyl groups excluding tert-OH is 1. The largest absolute Gasteiger partial charge is 0.454 e. The van der Waals surface area contributed by atoms with Gasteiger partial charge in [-0.25, -0.2) is 0 Å². The third-order valence-electron chi connectivity index (χ3n) is 2.59. The van der Waals surface area contributed by atoms with Crippen molar-refractivity contribution in [2.24, 2.45) is 0 Å². The minimum Gasteiger partial charge on any atom is -0.454 e. The van der Waals surface area contributed by atoms with Gasteiger partial charge in [0.1, 0.15) is 5.75 Å². The third kappa shape index (κ3) is 2.91. The van der Waals surface area contributed by atoms with E-state index in [0.29, 0.717) is 11.5 Å². The molecular weight excluding hydrogens is 296 g/mol. The van der Waals surface area contributed by atoms with Crippen molar-refractivity contribution in [1.29, 1.82) is 0 Å². The first-order chi connectivity index (χ1) is 8.60. The summed E-state index contributed by atoms with van der Waals surface area (Å²) in [4.78, 5) is 0. The van der Waals surface area contributed by atoms with Crippen LogP contribution < -0.4 is 4.74 Å². The van der Waals surface area contributed by atoms with Gasteiger partial charge in [0.15, 0.2) is 5.75 Å². The highest BCUT2D eigenvalue weighted by atomic mass is 79.9. The zero-order chi connectivity index (χ0) is 13.1. The fourth-order valence-corrected chi connectivity index (χ4v) is 2.31. The average Bonchev–Trinajstić information content (AvgIpc) is 2.76. The van der Waals surface area contributed by atoms with Crippen molar-refractivity contribution >= 4 is 15.9 Å². The first-order valence-corrected chi connectivity index (χ1v) is 6.57. The zero-order valence-electron chi connectivity index (χ0n) is 10.3. The Morgan fingerprint density at radius 1 is 1.44 bits per heavy atom. The minimum absolute atomic E-state index is 0.503. The predicted molar refractivity (Wildman–Crippen MR) is 72.8 cm³/mol. The Kier molecular flexibility index (Phi) is 4.04. The average molecular weight is 311 g/mol. The lowest BCUT2D eigenvalue weighted by atomic mass is 10.1. The Bertz CT molecular complexity index is 538. The van der Waals surface area contributed by atoms with Gasteiger partial charge in [0, 0.05) is 11.0 Å². The van der Waals surface area contributed by atoms with Crippen LogP contribution in [0.2, 0.25) is 0 Å². The number of hydrogen-bond acceptors (Lipinski definition) is 3. The quantitative estimate of drug-likeness (QED) is 0.940. The Balaban J connectivity index is 2.17. The van der Waals surface area contributed by atoms with Crippen LogP contribution in [0.25, 0.3) is 0 Å². The summed E-state index contributed by atoms with van der Waals surface area (Å²) in [5, 5.41) is 13.7. The maximum Gasteiger partial charge on any atom is 0.165 e. The summed E-state index contributed by atoms with van der Waals surface area (Å²) in [7, 11) is 0. The van der Waals surface area contributed by atoms with Gasteiger partial charge >= 0.3 is 0 Å². The molecule has 5 heteroatoms. The van der Waals surface area contributed by atoms with Gasteiger partial charge in [0.05, 0.1) is 18.5 Å². The Labute approximate surface area is 114 Å². The summed E-state index contributed by atoms with van der Waals surface area (Å²) in [5.41, 5.74) is 0.839. The van der Waals surface area contributed by atoms with Crippen molar-refractivity contribution in [3.05, 3.63) is 40.6 Å². The molecule has 96 valence electrons. The van der Waals surface area contributed by atoms with Crippen LogP contribution in [-0.2, 0) is 6.54 Å². The van der Waals surface area contributed by atoms with Gasteiger partial charge in [-0.05, 0) is 31.5 Å². The molecule has 4 nitrogen and oxygen atoms in total. The van der Waals surface area contributed by atoms with E-state index < -0.39 is 6.10 Å².